The second-order valence-electron chi connectivity index (χ2n) is 9.87. The van der Waals surface area contributed by atoms with Crippen molar-refractivity contribution in [2.45, 2.75) is 59.9 Å². The molecule has 1 aliphatic heterocycles. The Morgan fingerprint density at radius 3 is 2.70 bits per heavy atom. The number of ether oxygens (including phenoxy) is 1. The van der Waals surface area contributed by atoms with Gasteiger partial charge in [-0.05, 0) is 43.2 Å². The lowest BCUT2D eigenvalue weighted by molar-refractivity contribution is -0.158. The van der Waals surface area contributed by atoms with E-state index in [-0.39, 0.29) is 30.2 Å². The van der Waals surface area contributed by atoms with Crippen molar-refractivity contribution in [2.24, 2.45) is 16.7 Å². The molecule has 182 valence electrons. The molecular weight excluding hydrogens is 455 g/mol. The molecule has 0 saturated carbocycles. The van der Waals surface area contributed by atoms with Crippen molar-refractivity contribution >= 4 is 17.3 Å². The zero-order chi connectivity index (χ0) is 24.4. The number of aliphatic carboxylic acids is 1. The van der Waals surface area contributed by atoms with Crippen molar-refractivity contribution in [1.82, 2.24) is 14.9 Å². The predicted octanol–water partition coefficient (Wildman–Crippen LogP) is 5.49. The Labute approximate surface area is 195 Å². The molecule has 0 aromatic carbocycles. The summed E-state index contributed by atoms with van der Waals surface area (Å²) in [6, 6.07) is 3.23. The summed E-state index contributed by atoms with van der Waals surface area (Å²) in [6.45, 7) is 5.98. The summed E-state index contributed by atoms with van der Waals surface area (Å²) >= 11 is 1.31. The fraction of sp³-hybridized carbons (Fsp3) is 0.609. The van der Waals surface area contributed by atoms with E-state index < -0.39 is 24.2 Å². The number of hydrogen-bond donors (Lipinski definition) is 1. The van der Waals surface area contributed by atoms with Gasteiger partial charge < -0.3 is 9.84 Å². The summed E-state index contributed by atoms with van der Waals surface area (Å²) in [6.07, 6.45) is 2.18. The number of hydrogen-bond acceptors (Lipinski definition) is 6. The molecular formula is C23H30F3N3O3S. The number of carboxylic acids is 1. The second kappa shape index (κ2) is 9.97. The van der Waals surface area contributed by atoms with Gasteiger partial charge in [0.2, 0.25) is 5.88 Å². The SMILES string of the molecule is CC(F)C[C@@]1(C(=O)O)C[C@@H](C(C)(C)C)CN(Cc2cnc(-c3cccnc3OC(F)F)s2)C1. The van der Waals surface area contributed by atoms with Crippen LogP contribution in [-0.4, -0.2) is 51.8 Å². The Kier molecular flexibility index (Phi) is 7.68. The van der Waals surface area contributed by atoms with Gasteiger partial charge in [0, 0.05) is 36.9 Å². The fourth-order valence-corrected chi connectivity index (χ4v) is 5.46. The molecule has 3 heterocycles. The standard InChI is InChI=1S/C23H30F3N3O3S/c1-14(24)8-23(20(30)31)9-15(22(2,3)4)11-29(13-23)12-16-10-28-19(33-16)17-6-5-7-27-18(17)32-21(25)26/h5-7,10,14-15,21H,8-9,11-13H2,1-4H3,(H,30,31)/t14?,15-,23-/m1/s1. The highest BCUT2D eigenvalue weighted by molar-refractivity contribution is 7.15. The number of alkyl halides is 3. The van der Waals surface area contributed by atoms with Crippen molar-refractivity contribution in [2.75, 3.05) is 13.1 Å². The molecule has 0 spiro atoms. The van der Waals surface area contributed by atoms with Crippen LogP contribution in [0.15, 0.2) is 24.5 Å². The first-order chi connectivity index (χ1) is 15.4. The van der Waals surface area contributed by atoms with E-state index in [1.165, 1.54) is 24.5 Å². The Morgan fingerprint density at radius 2 is 2.09 bits per heavy atom. The maximum Gasteiger partial charge on any atom is 0.388 e. The van der Waals surface area contributed by atoms with E-state index >= 15 is 0 Å². The van der Waals surface area contributed by atoms with Crippen LogP contribution in [0.25, 0.3) is 10.6 Å². The highest BCUT2D eigenvalue weighted by Gasteiger charge is 2.49. The zero-order valence-corrected chi connectivity index (χ0v) is 20.0. The molecule has 1 aliphatic rings. The van der Waals surface area contributed by atoms with Crippen LogP contribution >= 0.6 is 11.3 Å². The number of carboxylic acid groups (broad SMARTS) is 1. The van der Waals surface area contributed by atoms with Crippen LogP contribution in [0.4, 0.5) is 13.2 Å². The van der Waals surface area contributed by atoms with Gasteiger partial charge in [0.15, 0.2) is 0 Å². The molecule has 6 nitrogen and oxygen atoms in total. The maximum atomic E-state index is 14.0. The second-order valence-corrected chi connectivity index (χ2v) is 11.0. The molecule has 0 aliphatic carbocycles. The highest BCUT2D eigenvalue weighted by atomic mass is 32.1. The third kappa shape index (κ3) is 6.23. The van der Waals surface area contributed by atoms with Gasteiger partial charge in [-0.15, -0.1) is 11.3 Å². The average Bonchev–Trinajstić information content (AvgIpc) is 3.14. The summed E-state index contributed by atoms with van der Waals surface area (Å²) in [5.41, 5.74) is -0.944. The molecule has 1 fully saturated rings. The minimum absolute atomic E-state index is 0.0383. The van der Waals surface area contributed by atoms with Crippen LogP contribution in [0.1, 0.15) is 45.4 Å². The van der Waals surface area contributed by atoms with E-state index in [0.717, 1.165) is 4.88 Å². The Balaban J connectivity index is 1.85. The largest absolute Gasteiger partial charge is 0.481 e. The van der Waals surface area contributed by atoms with Crippen LogP contribution in [0.2, 0.25) is 0 Å². The van der Waals surface area contributed by atoms with Crippen LogP contribution in [0.5, 0.6) is 5.88 Å². The normalized spacial score (nSPS) is 23.0. The first-order valence-electron chi connectivity index (χ1n) is 10.8. The first kappa shape index (κ1) is 25.4. The molecule has 0 radical (unpaired) electrons. The van der Waals surface area contributed by atoms with Crippen LogP contribution < -0.4 is 4.74 Å². The van der Waals surface area contributed by atoms with Crippen LogP contribution in [0, 0.1) is 16.7 Å². The number of piperidine rings is 1. The van der Waals surface area contributed by atoms with Crippen molar-refractivity contribution in [3.63, 3.8) is 0 Å². The quantitative estimate of drug-likeness (QED) is 0.533. The number of rotatable bonds is 8. The molecule has 0 bridgehead atoms. The lowest BCUT2D eigenvalue weighted by atomic mass is 9.65. The van der Waals surface area contributed by atoms with Gasteiger partial charge in [0.1, 0.15) is 5.01 Å². The first-order valence-corrected chi connectivity index (χ1v) is 11.7. The highest BCUT2D eigenvalue weighted by Crippen LogP contribution is 2.45. The third-order valence-electron chi connectivity index (χ3n) is 6.13. The lowest BCUT2D eigenvalue weighted by Gasteiger charge is -2.48. The van der Waals surface area contributed by atoms with Crippen molar-refractivity contribution < 1.29 is 27.8 Å². The van der Waals surface area contributed by atoms with Gasteiger partial charge in [-0.3, -0.25) is 9.69 Å². The van der Waals surface area contributed by atoms with E-state index in [1.54, 1.807) is 18.3 Å². The molecule has 3 atom stereocenters. The Morgan fingerprint density at radius 1 is 1.36 bits per heavy atom. The number of aromatic nitrogens is 2. The number of halogens is 3. The molecule has 2 aromatic heterocycles. The molecule has 33 heavy (non-hydrogen) atoms. The Bertz CT molecular complexity index is 964. The monoisotopic (exact) mass is 485 g/mol. The van der Waals surface area contributed by atoms with E-state index in [9.17, 15) is 23.1 Å². The fourth-order valence-electron chi connectivity index (χ4n) is 4.49. The summed E-state index contributed by atoms with van der Waals surface area (Å²) in [5.74, 6) is -1.10. The molecule has 2 aromatic rings. The number of nitrogens with zero attached hydrogens (tertiary/aromatic N) is 3. The third-order valence-corrected chi connectivity index (χ3v) is 7.14. The van der Waals surface area contributed by atoms with Gasteiger partial charge >= 0.3 is 12.6 Å². The summed E-state index contributed by atoms with van der Waals surface area (Å²) < 4.78 is 44.0. The average molecular weight is 486 g/mol. The van der Waals surface area contributed by atoms with Gasteiger partial charge in [0.25, 0.3) is 0 Å². The van der Waals surface area contributed by atoms with Crippen molar-refractivity contribution in [1.29, 1.82) is 0 Å². The Hall–Kier alpha value is -2.20. The van der Waals surface area contributed by atoms with Gasteiger partial charge in [0.05, 0.1) is 17.2 Å². The van der Waals surface area contributed by atoms with Gasteiger partial charge in [-0.2, -0.15) is 8.78 Å². The van der Waals surface area contributed by atoms with E-state index in [0.29, 0.717) is 30.1 Å². The molecule has 1 saturated heterocycles. The van der Waals surface area contributed by atoms with Gasteiger partial charge in [-0.25, -0.2) is 14.4 Å². The topological polar surface area (TPSA) is 75.5 Å². The number of likely N-dealkylation sites (tertiary alicyclic amines) is 1. The maximum absolute atomic E-state index is 14.0. The predicted molar refractivity (Wildman–Crippen MR) is 120 cm³/mol. The minimum Gasteiger partial charge on any atom is -0.481 e. The number of thiazole rings is 1. The van der Waals surface area contributed by atoms with Crippen molar-refractivity contribution in [3.8, 4) is 16.5 Å². The van der Waals surface area contributed by atoms with E-state index in [2.05, 4.69) is 35.5 Å². The summed E-state index contributed by atoms with van der Waals surface area (Å²) in [5, 5.41) is 10.6. The smallest absolute Gasteiger partial charge is 0.388 e. The molecule has 3 rings (SSSR count). The van der Waals surface area contributed by atoms with Crippen LogP contribution in [0.3, 0.4) is 0 Å². The zero-order valence-electron chi connectivity index (χ0n) is 19.2. The lowest BCUT2D eigenvalue weighted by Crippen LogP contribution is -2.54. The summed E-state index contributed by atoms with van der Waals surface area (Å²) in [7, 11) is 0. The van der Waals surface area contributed by atoms with Crippen LogP contribution in [-0.2, 0) is 11.3 Å². The molecule has 10 heteroatoms. The van der Waals surface area contributed by atoms with Gasteiger partial charge in [-0.1, -0.05) is 20.8 Å². The minimum atomic E-state index is -3.00. The van der Waals surface area contributed by atoms with E-state index in [4.69, 9.17) is 0 Å². The molecule has 0 amide bonds. The molecule has 1 unspecified atom stereocenters. The molecule has 1 N–H and O–H groups in total. The van der Waals surface area contributed by atoms with Crippen molar-refractivity contribution in [3.05, 3.63) is 29.4 Å². The number of pyridine rings is 1. The number of carbonyl (C=O) groups is 1. The summed E-state index contributed by atoms with van der Waals surface area (Å²) in [4.78, 5) is 23.4. The van der Waals surface area contributed by atoms with E-state index in [1.807, 2.05) is 4.90 Å².